The number of hydrogen-bond acceptors (Lipinski definition) is 14. The average Bonchev–Trinajstić information content (AvgIpc) is 3.98. The molecule has 5 heterocycles. The molecular weight excluding hydrogens is 936 g/mol. The summed E-state index contributed by atoms with van der Waals surface area (Å²) in [5, 5.41) is 0. The van der Waals surface area contributed by atoms with E-state index < -0.39 is 35.8 Å². The third kappa shape index (κ3) is 10.3. The topological polar surface area (TPSA) is 215 Å². The molecule has 0 aliphatic carbocycles. The van der Waals surface area contributed by atoms with Gasteiger partial charge in [0.2, 0.25) is 0 Å². The molecule has 0 spiro atoms. The number of rotatable bonds is 16. The molecule has 0 atom stereocenters. The van der Waals surface area contributed by atoms with Crippen LogP contribution in [0, 0.1) is 13.8 Å². The van der Waals surface area contributed by atoms with Crippen molar-refractivity contribution in [3.8, 4) is 0 Å². The van der Waals surface area contributed by atoms with Crippen molar-refractivity contribution >= 4 is 112 Å². The summed E-state index contributed by atoms with van der Waals surface area (Å²) < 4.78 is 31.2. The Labute approximate surface area is 374 Å². The molecule has 18 heteroatoms. The van der Waals surface area contributed by atoms with Crippen LogP contribution in [0.15, 0.2) is 21.1 Å². The van der Waals surface area contributed by atoms with Gasteiger partial charge in [0, 0.05) is 36.7 Å². The van der Waals surface area contributed by atoms with Crippen molar-refractivity contribution in [3.05, 3.63) is 66.1 Å². The molecule has 0 amide bonds. The lowest BCUT2D eigenvalue weighted by Gasteiger charge is -2.09. The Balaban J connectivity index is 2.05. The molecule has 0 saturated carbocycles. The Kier molecular flexibility index (Phi) is 16.0. The number of hydrogen-bond donors (Lipinski definition) is 2. The molecule has 5 rings (SSSR count). The average molecular weight is 985 g/mol. The minimum atomic E-state index is -0.542. The van der Waals surface area contributed by atoms with Gasteiger partial charge in [-0.3, -0.25) is 28.8 Å². The van der Waals surface area contributed by atoms with Crippen LogP contribution < -0.4 is 0 Å². The van der Waals surface area contributed by atoms with E-state index in [4.69, 9.17) is 38.4 Å². The predicted octanol–water partition coefficient (Wildman–Crippen LogP) is 7.52. The number of H-pyrrole nitrogens is 2. The molecule has 3 aromatic heterocycles. The van der Waals surface area contributed by atoms with E-state index in [9.17, 15) is 28.8 Å². The first-order valence-electron chi connectivity index (χ1n) is 19.6. The molecule has 3 aromatic rings. The fourth-order valence-electron chi connectivity index (χ4n) is 7.52. The molecule has 62 heavy (non-hydrogen) atoms. The minimum Gasteiger partial charge on any atom is -0.469 e. The first-order valence-corrected chi connectivity index (χ1v) is 21.2. The van der Waals surface area contributed by atoms with Gasteiger partial charge in [-0.05, 0) is 128 Å². The van der Waals surface area contributed by atoms with Gasteiger partial charge in [-0.25, -0.2) is 9.97 Å². The summed E-state index contributed by atoms with van der Waals surface area (Å²) >= 11 is 7.69. The molecule has 0 fully saturated rings. The van der Waals surface area contributed by atoms with Crippen molar-refractivity contribution in [2.45, 2.75) is 78.1 Å². The molecule has 0 radical (unpaired) electrons. The van der Waals surface area contributed by atoms with Crippen molar-refractivity contribution < 1.29 is 57.2 Å². The van der Waals surface area contributed by atoms with Crippen molar-refractivity contribution in [2.24, 2.45) is 0 Å². The van der Waals surface area contributed by atoms with Gasteiger partial charge >= 0.3 is 35.8 Å². The second-order valence-corrected chi connectivity index (χ2v) is 16.0. The lowest BCUT2D eigenvalue weighted by atomic mass is 9.96. The van der Waals surface area contributed by atoms with E-state index in [0.29, 0.717) is 76.1 Å². The van der Waals surface area contributed by atoms with Crippen LogP contribution in [0.2, 0.25) is 0 Å². The maximum Gasteiger partial charge on any atom is 0.310 e. The summed E-state index contributed by atoms with van der Waals surface area (Å²) in [7, 11) is 7.79. The van der Waals surface area contributed by atoms with Crippen LogP contribution in [0.1, 0.15) is 96.4 Å². The van der Waals surface area contributed by atoms with Crippen molar-refractivity contribution in [1.82, 2.24) is 19.9 Å². The highest BCUT2D eigenvalue weighted by atomic mass is 79.9. The van der Waals surface area contributed by atoms with Crippen molar-refractivity contribution in [3.63, 3.8) is 0 Å². The summed E-state index contributed by atoms with van der Waals surface area (Å²) in [6, 6.07) is 3.60. The molecule has 16 nitrogen and oxygen atoms in total. The van der Waals surface area contributed by atoms with Gasteiger partial charge in [-0.15, -0.1) is 0 Å². The third-order valence-electron chi connectivity index (χ3n) is 11.0. The lowest BCUT2D eigenvalue weighted by molar-refractivity contribution is -0.141. The zero-order chi connectivity index (χ0) is 45.4. The van der Waals surface area contributed by atoms with Gasteiger partial charge in [-0.1, -0.05) is 0 Å². The highest BCUT2D eigenvalue weighted by Crippen LogP contribution is 2.44. The van der Waals surface area contributed by atoms with Gasteiger partial charge in [0.15, 0.2) is 0 Å². The van der Waals surface area contributed by atoms with E-state index in [1.807, 2.05) is 19.9 Å². The van der Waals surface area contributed by atoms with Crippen LogP contribution in [0.3, 0.4) is 0 Å². The summed E-state index contributed by atoms with van der Waals surface area (Å²) in [6.45, 7) is 3.76. The zero-order valence-electron chi connectivity index (χ0n) is 35.8. The summed E-state index contributed by atoms with van der Waals surface area (Å²) in [5.74, 6) is -2.87. The molecular formula is C44H48Br2N4O12. The molecule has 0 saturated heterocycles. The number of esters is 6. The normalized spacial score (nSPS) is 12.3. The summed E-state index contributed by atoms with van der Waals surface area (Å²) in [6.07, 6.45) is 0.436. The molecule has 0 unspecified atom stereocenters. The van der Waals surface area contributed by atoms with E-state index in [0.717, 1.165) is 22.3 Å². The van der Waals surface area contributed by atoms with Gasteiger partial charge in [0.1, 0.15) is 0 Å². The number of carbonyl (C=O) groups excluding carboxylic acids is 6. The van der Waals surface area contributed by atoms with E-state index in [2.05, 4.69) is 41.8 Å². The summed E-state index contributed by atoms with van der Waals surface area (Å²) in [4.78, 5) is 93.8. The number of ether oxygens (including phenoxy) is 6. The van der Waals surface area contributed by atoms with E-state index in [1.54, 1.807) is 6.07 Å². The second-order valence-electron chi connectivity index (χ2n) is 14.4. The SMILES string of the molecule is COC(=O)CCC1=C(CC(=O)OC)c2nc1cc1[nH]c(cc3nc(c(Br)c4[nH]c(c2Br)c(CCC(=O)OC)c4C)C(CCC(=O)OC)=C3CC(=O)OC)c(CCC(=O)OC)c1C. The number of aryl methyl sites for hydroxylation is 4. The first-order chi connectivity index (χ1) is 29.6. The van der Waals surface area contributed by atoms with Gasteiger partial charge < -0.3 is 38.4 Å². The van der Waals surface area contributed by atoms with Crippen LogP contribution in [0.25, 0.3) is 44.4 Å². The fourth-order valence-corrected chi connectivity index (χ4v) is 8.91. The third-order valence-corrected chi connectivity index (χ3v) is 12.5. The fraction of sp³-hybridized carbons (Fsp3) is 0.409. The molecule has 0 aromatic carbocycles. The highest BCUT2D eigenvalue weighted by Gasteiger charge is 2.30. The number of carbonyl (C=O) groups is 6. The predicted molar refractivity (Wildman–Crippen MR) is 236 cm³/mol. The van der Waals surface area contributed by atoms with Crippen LogP contribution in [-0.2, 0) is 70.0 Å². The quantitative estimate of drug-likeness (QED) is 0.105. The molecule has 330 valence electrons. The molecule has 2 N–H and O–H groups in total. The Morgan fingerprint density at radius 3 is 1.44 bits per heavy atom. The number of aromatic nitrogens is 4. The standard InChI is InChI=1S/C44H48Br2N4O12/c1-21-23(9-13-33(51)57-3)30-20-32-27(17-37(55)61-7)26(12-16-36(54)60-6)43(49-32)39(45)41-22(2)24(10-14-34(52)58-4)42(50-41)40(46)44-28(18-38(56)62-8)25(11-15-35(53)59-5)31(48-44)19-29(21)47-30/h19-20,47,50H,9-18H2,1-8H3. The maximum atomic E-state index is 13.1. The van der Waals surface area contributed by atoms with Crippen LogP contribution in [-0.4, -0.2) is 98.4 Å². The summed E-state index contributed by atoms with van der Waals surface area (Å²) in [5.41, 5.74) is 9.08. The highest BCUT2D eigenvalue weighted by molar-refractivity contribution is 9.11. The van der Waals surface area contributed by atoms with Gasteiger partial charge in [0.05, 0.1) is 98.3 Å². The molecule has 2 aliphatic heterocycles. The molecule has 2 aliphatic rings. The van der Waals surface area contributed by atoms with E-state index in [-0.39, 0.29) is 64.2 Å². The Morgan fingerprint density at radius 2 is 0.903 bits per heavy atom. The first kappa shape index (κ1) is 47.4. The van der Waals surface area contributed by atoms with E-state index in [1.165, 1.54) is 42.7 Å². The monoisotopic (exact) mass is 982 g/mol. The van der Waals surface area contributed by atoms with Gasteiger partial charge in [-0.2, -0.15) is 0 Å². The van der Waals surface area contributed by atoms with Crippen molar-refractivity contribution in [2.75, 3.05) is 42.7 Å². The number of aromatic amines is 2. The minimum absolute atomic E-state index is 0.0223. The largest absolute Gasteiger partial charge is 0.469 e. The Morgan fingerprint density at radius 1 is 0.484 bits per heavy atom. The lowest BCUT2D eigenvalue weighted by Crippen LogP contribution is -2.04. The number of allylic oxidation sites excluding steroid dienone is 2. The number of halogens is 2. The van der Waals surface area contributed by atoms with Crippen LogP contribution >= 0.6 is 31.9 Å². The number of fused-ring (bicyclic) bond motifs is 8. The molecule has 8 bridgehead atoms. The second kappa shape index (κ2) is 21.0. The van der Waals surface area contributed by atoms with E-state index >= 15 is 0 Å². The van der Waals surface area contributed by atoms with Crippen LogP contribution in [0.4, 0.5) is 0 Å². The Hall–Kier alpha value is -5.62. The maximum absolute atomic E-state index is 13.1. The zero-order valence-corrected chi connectivity index (χ0v) is 38.9. The Bertz CT molecular complexity index is 2570. The number of nitrogens with zero attached hydrogens (tertiary/aromatic N) is 2. The smallest absolute Gasteiger partial charge is 0.310 e. The van der Waals surface area contributed by atoms with Crippen molar-refractivity contribution in [1.29, 1.82) is 0 Å². The van der Waals surface area contributed by atoms with Crippen LogP contribution in [0.5, 0.6) is 0 Å². The number of nitrogens with one attached hydrogen (secondary N) is 2. The van der Waals surface area contributed by atoms with Gasteiger partial charge in [0.25, 0.3) is 0 Å². The number of methoxy groups -OCH3 is 6.